The normalized spacial score (nSPS) is 13.0. The molecule has 0 atom stereocenters. The van der Waals surface area contributed by atoms with Crippen molar-refractivity contribution in [3.8, 4) is 22.9 Å². The number of carbonyl (C=O) groups is 1. The molecule has 1 aliphatic heterocycles. The van der Waals surface area contributed by atoms with Crippen LogP contribution in [0.3, 0.4) is 0 Å². The monoisotopic (exact) mass is 395 g/mol. The quantitative estimate of drug-likeness (QED) is 0.499. The number of pyridine rings is 2. The molecule has 0 N–H and O–H groups in total. The Kier molecular flexibility index (Phi) is 6.16. The number of allylic oxidation sites excluding steroid dienone is 1. The highest BCUT2D eigenvalue weighted by Gasteiger charge is 2.32. The molecule has 3 heterocycles. The Morgan fingerprint density at radius 1 is 1.28 bits per heavy atom. The fourth-order valence-corrected chi connectivity index (χ4v) is 3.19. The van der Waals surface area contributed by atoms with Crippen molar-refractivity contribution in [2.45, 2.75) is 27.3 Å². The number of ether oxygens (including phenoxy) is 3. The van der Waals surface area contributed by atoms with Gasteiger partial charge in [0.15, 0.2) is 5.75 Å². The standard InChI is InChI=1S/C22H25N3O4/c1-6-28-19-11-16(12-23-21(19)29-7-2)17-10-14(3)20-18(24-17)13-25(22(20)26)15(4)8-9-27-5/h8-12H,4,6-7,13H2,1-3,5H3/b9-8-. The molecular weight excluding hydrogens is 370 g/mol. The van der Waals surface area contributed by atoms with Gasteiger partial charge in [-0.05, 0) is 44.5 Å². The summed E-state index contributed by atoms with van der Waals surface area (Å²) in [5, 5.41) is 0. The zero-order chi connectivity index (χ0) is 21.0. The van der Waals surface area contributed by atoms with Gasteiger partial charge in [-0.1, -0.05) is 6.58 Å². The number of hydrogen-bond donors (Lipinski definition) is 0. The molecule has 29 heavy (non-hydrogen) atoms. The van der Waals surface area contributed by atoms with Gasteiger partial charge < -0.3 is 19.1 Å². The first-order valence-corrected chi connectivity index (χ1v) is 9.46. The maximum atomic E-state index is 12.8. The molecule has 0 fully saturated rings. The van der Waals surface area contributed by atoms with Crippen molar-refractivity contribution in [2.75, 3.05) is 20.3 Å². The third-order valence-electron chi connectivity index (χ3n) is 4.50. The van der Waals surface area contributed by atoms with Gasteiger partial charge in [-0.15, -0.1) is 0 Å². The van der Waals surface area contributed by atoms with E-state index >= 15 is 0 Å². The van der Waals surface area contributed by atoms with Crippen LogP contribution in [0.25, 0.3) is 11.3 Å². The highest BCUT2D eigenvalue weighted by Crippen LogP contribution is 2.33. The molecule has 1 aliphatic rings. The first-order valence-electron chi connectivity index (χ1n) is 9.46. The van der Waals surface area contributed by atoms with E-state index < -0.39 is 0 Å². The molecule has 0 saturated heterocycles. The third-order valence-corrected chi connectivity index (χ3v) is 4.50. The van der Waals surface area contributed by atoms with Crippen LogP contribution in [0.15, 0.2) is 42.9 Å². The molecule has 2 aromatic rings. The highest BCUT2D eigenvalue weighted by molar-refractivity contribution is 6.00. The van der Waals surface area contributed by atoms with Crippen LogP contribution < -0.4 is 9.47 Å². The Morgan fingerprint density at radius 3 is 2.72 bits per heavy atom. The molecule has 7 heteroatoms. The van der Waals surface area contributed by atoms with Gasteiger partial charge >= 0.3 is 0 Å². The summed E-state index contributed by atoms with van der Waals surface area (Å²) in [6.45, 7) is 11.0. The predicted molar refractivity (Wildman–Crippen MR) is 110 cm³/mol. The summed E-state index contributed by atoms with van der Waals surface area (Å²) in [7, 11) is 1.55. The van der Waals surface area contributed by atoms with E-state index in [-0.39, 0.29) is 5.91 Å². The molecule has 0 radical (unpaired) electrons. The van der Waals surface area contributed by atoms with Crippen molar-refractivity contribution < 1.29 is 19.0 Å². The van der Waals surface area contributed by atoms with Gasteiger partial charge in [0, 0.05) is 17.5 Å². The number of amides is 1. The average Bonchev–Trinajstić information content (AvgIpc) is 3.05. The number of methoxy groups -OCH3 is 1. The van der Waals surface area contributed by atoms with E-state index in [0.717, 1.165) is 16.8 Å². The smallest absolute Gasteiger partial charge is 0.260 e. The van der Waals surface area contributed by atoms with Crippen LogP contribution >= 0.6 is 0 Å². The van der Waals surface area contributed by atoms with Gasteiger partial charge in [-0.25, -0.2) is 4.98 Å². The maximum absolute atomic E-state index is 12.8. The van der Waals surface area contributed by atoms with Crippen molar-refractivity contribution in [1.29, 1.82) is 0 Å². The lowest BCUT2D eigenvalue weighted by Gasteiger charge is -2.14. The van der Waals surface area contributed by atoms with Crippen molar-refractivity contribution in [3.05, 3.63) is 59.8 Å². The maximum Gasteiger partial charge on any atom is 0.260 e. The second kappa shape index (κ2) is 8.77. The first-order chi connectivity index (χ1) is 14.0. The summed E-state index contributed by atoms with van der Waals surface area (Å²) in [6.07, 6.45) is 4.85. The topological polar surface area (TPSA) is 73.8 Å². The summed E-state index contributed by atoms with van der Waals surface area (Å²) >= 11 is 0. The Balaban J connectivity index is 1.97. The van der Waals surface area contributed by atoms with Gasteiger partial charge in [-0.2, -0.15) is 0 Å². The van der Waals surface area contributed by atoms with E-state index in [1.807, 2.05) is 32.9 Å². The fourth-order valence-electron chi connectivity index (χ4n) is 3.19. The van der Waals surface area contributed by atoms with Gasteiger partial charge in [0.1, 0.15) is 0 Å². The number of carbonyl (C=O) groups excluding carboxylic acids is 1. The number of aromatic nitrogens is 2. The number of rotatable bonds is 8. The lowest BCUT2D eigenvalue weighted by atomic mass is 10.0. The molecule has 0 aromatic carbocycles. The van der Waals surface area contributed by atoms with Crippen molar-refractivity contribution >= 4 is 5.91 Å². The second-order valence-corrected chi connectivity index (χ2v) is 6.46. The van der Waals surface area contributed by atoms with Gasteiger partial charge in [-0.3, -0.25) is 9.78 Å². The van der Waals surface area contributed by atoms with Gasteiger partial charge in [0.25, 0.3) is 11.8 Å². The second-order valence-electron chi connectivity index (χ2n) is 6.46. The minimum absolute atomic E-state index is 0.109. The van der Waals surface area contributed by atoms with Gasteiger partial charge in [0.2, 0.25) is 0 Å². The van der Waals surface area contributed by atoms with Crippen LogP contribution in [0.5, 0.6) is 11.6 Å². The summed E-state index contributed by atoms with van der Waals surface area (Å²) < 4.78 is 16.1. The van der Waals surface area contributed by atoms with E-state index in [9.17, 15) is 4.79 Å². The summed E-state index contributed by atoms with van der Waals surface area (Å²) in [4.78, 5) is 23.5. The van der Waals surface area contributed by atoms with E-state index in [1.54, 1.807) is 24.3 Å². The summed E-state index contributed by atoms with van der Waals surface area (Å²) in [6, 6.07) is 3.76. The number of nitrogens with zero attached hydrogens (tertiary/aromatic N) is 3. The Labute approximate surface area is 170 Å². The molecule has 0 unspecified atom stereocenters. The van der Waals surface area contributed by atoms with Crippen LogP contribution in [0.1, 0.15) is 35.5 Å². The van der Waals surface area contributed by atoms with Crippen molar-refractivity contribution in [2.24, 2.45) is 0 Å². The minimum atomic E-state index is -0.109. The molecule has 0 aliphatic carbocycles. The van der Waals surface area contributed by atoms with Crippen LogP contribution in [0.4, 0.5) is 0 Å². The average molecular weight is 395 g/mol. The molecule has 7 nitrogen and oxygen atoms in total. The Bertz CT molecular complexity index is 969. The predicted octanol–water partition coefficient (Wildman–Crippen LogP) is 3.88. The van der Waals surface area contributed by atoms with Crippen molar-refractivity contribution in [1.82, 2.24) is 14.9 Å². The number of aryl methyl sites for hydroxylation is 1. The lowest BCUT2D eigenvalue weighted by Crippen LogP contribution is -2.21. The molecule has 1 amide bonds. The van der Waals surface area contributed by atoms with E-state index in [0.29, 0.717) is 48.3 Å². The highest BCUT2D eigenvalue weighted by atomic mass is 16.5. The molecule has 0 saturated carbocycles. The summed E-state index contributed by atoms with van der Waals surface area (Å²) in [5.74, 6) is 0.920. The van der Waals surface area contributed by atoms with Crippen LogP contribution in [-0.2, 0) is 11.3 Å². The Hall–Kier alpha value is -3.35. The summed E-state index contributed by atoms with van der Waals surface area (Å²) in [5.41, 5.74) is 4.26. The van der Waals surface area contributed by atoms with E-state index in [2.05, 4.69) is 11.6 Å². The van der Waals surface area contributed by atoms with E-state index in [1.165, 1.54) is 6.26 Å². The largest absolute Gasteiger partial charge is 0.504 e. The molecular formula is C22H25N3O4. The molecule has 0 bridgehead atoms. The van der Waals surface area contributed by atoms with Gasteiger partial charge in [0.05, 0.1) is 50.1 Å². The molecule has 3 rings (SSSR count). The number of fused-ring (bicyclic) bond motifs is 1. The first kappa shape index (κ1) is 20.4. The van der Waals surface area contributed by atoms with E-state index in [4.69, 9.17) is 19.2 Å². The molecule has 2 aromatic heterocycles. The third kappa shape index (κ3) is 4.08. The molecule has 152 valence electrons. The van der Waals surface area contributed by atoms with Crippen LogP contribution in [-0.4, -0.2) is 41.1 Å². The van der Waals surface area contributed by atoms with Crippen molar-refractivity contribution in [3.63, 3.8) is 0 Å². The number of hydrogen-bond acceptors (Lipinski definition) is 6. The minimum Gasteiger partial charge on any atom is -0.504 e. The lowest BCUT2D eigenvalue weighted by molar-refractivity contribution is 0.0831. The zero-order valence-electron chi connectivity index (χ0n) is 17.2. The SMILES string of the molecule is C=C(/C=C\OC)N1Cc2nc(-c3cnc(OCC)c(OCC)c3)cc(C)c2C1=O. The van der Waals surface area contributed by atoms with Crippen LogP contribution in [0, 0.1) is 6.92 Å². The zero-order valence-corrected chi connectivity index (χ0v) is 17.2. The van der Waals surface area contributed by atoms with Crippen LogP contribution in [0.2, 0.25) is 0 Å². The Morgan fingerprint density at radius 2 is 2.03 bits per heavy atom. The molecule has 0 spiro atoms. The fraction of sp³-hybridized carbons (Fsp3) is 0.318.